The first-order valence-electron chi connectivity index (χ1n) is 5.94. The molecule has 1 atom stereocenters. The zero-order chi connectivity index (χ0) is 12.6. The van der Waals surface area contributed by atoms with Crippen LogP contribution in [0.4, 0.5) is 0 Å². The zero-order valence-electron chi connectivity index (χ0n) is 11.2. The third-order valence-corrected chi connectivity index (χ3v) is 2.17. The number of amides is 1. The average molecular weight is 230 g/mol. The lowest BCUT2D eigenvalue weighted by Gasteiger charge is -2.16. The van der Waals surface area contributed by atoms with Gasteiger partial charge in [0.05, 0.1) is 6.61 Å². The van der Waals surface area contributed by atoms with E-state index in [4.69, 9.17) is 4.74 Å². The summed E-state index contributed by atoms with van der Waals surface area (Å²) < 4.78 is 5.44. The van der Waals surface area contributed by atoms with E-state index in [1.165, 1.54) is 0 Å². The number of hydrogen-bond donors (Lipinski definition) is 1. The lowest BCUT2D eigenvalue weighted by molar-refractivity contribution is -0.129. The van der Waals surface area contributed by atoms with Crippen LogP contribution in [0.2, 0.25) is 0 Å². The second kappa shape index (κ2) is 8.53. The van der Waals surface area contributed by atoms with Gasteiger partial charge >= 0.3 is 0 Å². The van der Waals surface area contributed by atoms with Gasteiger partial charge in [0.2, 0.25) is 5.91 Å². The molecule has 0 rings (SSSR count). The van der Waals surface area contributed by atoms with Gasteiger partial charge in [0, 0.05) is 39.7 Å². The molecule has 0 aliphatic carbocycles. The Labute approximate surface area is 99.3 Å². The predicted octanol–water partition coefficient (Wildman–Crippen LogP) is 1.12. The van der Waals surface area contributed by atoms with Crippen LogP contribution in [0.15, 0.2) is 0 Å². The Balaban J connectivity index is 3.44. The molecule has 0 aromatic carbocycles. The number of hydrogen-bond acceptors (Lipinski definition) is 3. The lowest BCUT2D eigenvalue weighted by atomic mass is 10.2. The molecule has 1 N–H and O–H groups in total. The third kappa shape index (κ3) is 8.68. The Morgan fingerprint density at radius 1 is 1.31 bits per heavy atom. The van der Waals surface area contributed by atoms with Crippen molar-refractivity contribution in [3.63, 3.8) is 0 Å². The highest BCUT2D eigenvalue weighted by atomic mass is 16.5. The van der Waals surface area contributed by atoms with Gasteiger partial charge in [0.1, 0.15) is 0 Å². The molecule has 1 unspecified atom stereocenters. The molecular weight excluding hydrogens is 204 g/mol. The molecule has 1 amide bonds. The number of nitrogens with zero attached hydrogens (tertiary/aromatic N) is 1. The summed E-state index contributed by atoms with van der Waals surface area (Å²) >= 11 is 0. The van der Waals surface area contributed by atoms with Crippen LogP contribution < -0.4 is 5.32 Å². The van der Waals surface area contributed by atoms with Gasteiger partial charge in [-0.1, -0.05) is 13.8 Å². The Bertz CT molecular complexity index is 193. The van der Waals surface area contributed by atoms with Crippen LogP contribution in [0, 0.1) is 5.92 Å². The molecule has 16 heavy (non-hydrogen) atoms. The summed E-state index contributed by atoms with van der Waals surface area (Å²) in [5.74, 6) is 0.732. The fourth-order valence-corrected chi connectivity index (χ4v) is 1.21. The molecule has 0 saturated heterocycles. The molecule has 0 aliphatic heterocycles. The quantitative estimate of drug-likeness (QED) is 0.635. The van der Waals surface area contributed by atoms with E-state index in [1.807, 2.05) is 6.92 Å². The molecule has 0 aromatic rings. The van der Waals surface area contributed by atoms with Crippen molar-refractivity contribution in [2.75, 3.05) is 33.9 Å². The van der Waals surface area contributed by atoms with Crippen LogP contribution in [-0.4, -0.2) is 50.7 Å². The van der Waals surface area contributed by atoms with Crippen molar-refractivity contribution in [2.24, 2.45) is 5.92 Å². The van der Waals surface area contributed by atoms with Crippen molar-refractivity contribution in [3.8, 4) is 0 Å². The van der Waals surface area contributed by atoms with Gasteiger partial charge in [0.15, 0.2) is 0 Å². The number of ether oxygens (including phenoxy) is 1. The van der Waals surface area contributed by atoms with Crippen LogP contribution in [-0.2, 0) is 9.53 Å². The first-order chi connectivity index (χ1) is 7.43. The van der Waals surface area contributed by atoms with Crippen molar-refractivity contribution in [2.45, 2.75) is 33.2 Å². The van der Waals surface area contributed by atoms with Crippen LogP contribution >= 0.6 is 0 Å². The van der Waals surface area contributed by atoms with E-state index in [0.717, 1.165) is 13.2 Å². The number of rotatable bonds is 8. The highest BCUT2D eigenvalue weighted by Crippen LogP contribution is 1.95. The first kappa shape index (κ1) is 15.4. The number of nitrogens with one attached hydrogen (secondary N) is 1. The Hall–Kier alpha value is -0.610. The molecule has 0 aliphatic rings. The van der Waals surface area contributed by atoms with Gasteiger partial charge in [-0.05, 0) is 12.8 Å². The lowest BCUT2D eigenvalue weighted by Crippen LogP contribution is -2.35. The largest absolute Gasteiger partial charge is 0.380 e. The van der Waals surface area contributed by atoms with E-state index in [-0.39, 0.29) is 11.9 Å². The van der Waals surface area contributed by atoms with E-state index in [9.17, 15) is 4.79 Å². The minimum absolute atomic E-state index is 0.156. The summed E-state index contributed by atoms with van der Waals surface area (Å²) in [6, 6.07) is 0.206. The molecule has 0 bridgehead atoms. The smallest absolute Gasteiger partial charge is 0.223 e. The SMILES string of the molecule is CC(C)COCCNC(C)CC(=O)N(C)C. The Morgan fingerprint density at radius 3 is 2.44 bits per heavy atom. The summed E-state index contributed by atoms with van der Waals surface area (Å²) in [6.07, 6.45) is 0.539. The molecule has 0 spiro atoms. The molecule has 96 valence electrons. The minimum Gasteiger partial charge on any atom is -0.380 e. The van der Waals surface area contributed by atoms with Gasteiger partial charge in [-0.25, -0.2) is 0 Å². The van der Waals surface area contributed by atoms with Crippen LogP contribution in [0.25, 0.3) is 0 Å². The van der Waals surface area contributed by atoms with Crippen molar-refractivity contribution in [1.29, 1.82) is 0 Å². The third-order valence-electron chi connectivity index (χ3n) is 2.17. The highest BCUT2D eigenvalue weighted by molar-refractivity contribution is 5.76. The van der Waals surface area contributed by atoms with Crippen LogP contribution in [0.3, 0.4) is 0 Å². The van der Waals surface area contributed by atoms with Crippen molar-refractivity contribution in [1.82, 2.24) is 10.2 Å². The fraction of sp³-hybridized carbons (Fsp3) is 0.917. The van der Waals surface area contributed by atoms with Gasteiger partial charge in [-0.15, -0.1) is 0 Å². The van der Waals surface area contributed by atoms with Gasteiger partial charge < -0.3 is 15.0 Å². The summed E-state index contributed by atoms with van der Waals surface area (Å²) in [4.78, 5) is 13.0. The zero-order valence-corrected chi connectivity index (χ0v) is 11.2. The molecule has 4 nitrogen and oxygen atoms in total. The molecule has 0 saturated carbocycles. The summed E-state index contributed by atoms with van der Waals surface area (Å²) in [5.41, 5.74) is 0. The molecule has 0 radical (unpaired) electrons. The van der Waals surface area contributed by atoms with Crippen LogP contribution in [0.1, 0.15) is 27.2 Å². The molecular formula is C12H26N2O2. The van der Waals surface area contributed by atoms with Gasteiger partial charge in [-0.2, -0.15) is 0 Å². The van der Waals surface area contributed by atoms with Crippen LogP contribution in [0.5, 0.6) is 0 Å². The number of carbonyl (C=O) groups is 1. The van der Waals surface area contributed by atoms with Crippen molar-refractivity contribution < 1.29 is 9.53 Å². The van der Waals surface area contributed by atoms with Gasteiger partial charge in [-0.3, -0.25) is 4.79 Å². The molecule has 0 fully saturated rings. The first-order valence-corrected chi connectivity index (χ1v) is 5.94. The summed E-state index contributed by atoms with van der Waals surface area (Å²) in [7, 11) is 3.56. The Kier molecular flexibility index (Phi) is 8.21. The predicted molar refractivity (Wildman–Crippen MR) is 66.4 cm³/mol. The minimum atomic E-state index is 0.156. The monoisotopic (exact) mass is 230 g/mol. The van der Waals surface area contributed by atoms with Gasteiger partial charge in [0.25, 0.3) is 0 Å². The molecule has 0 heterocycles. The maximum Gasteiger partial charge on any atom is 0.223 e. The second-order valence-corrected chi connectivity index (χ2v) is 4.82. The normalized spacial score (nSPS) is 12.9. The number of carbonyl (C=O) groups excluding carboxylic acids is 1. The van der Waals surface area contributed by atoms with E-state index in [2.05, 4.69) is 19.2 Å². The fourth-order valence-electron chi connectivity index (χ4n) is 1.21. The second-order valence-electron chi connectivity index (χ2n) is 4.82. The van der Waals surface area contributed by atoms with E-state index >= 15 is 0 Å². The van der Waals surface area contributed by atoms with E-state index in [1.54, 1.807) is 19.0 Å². The summed E-state index contributed by atoms with van der Waals surface area (Å²) in [6.45, 7) is 8.58. The highest BCUT2D eigenvalue weighted by Gasteiger charge is 2.09. The van der Waals surface area contributed by atoms with E-state index < -0.39 is 0 Å². The summed E-state index contributed by atoms with van der Waals surface area (Å²) in [5, 5.41) is 3.27. The van der Waals surface area contributed by atoms with Crippen molar-refractivity contribution in [3.05, 3.63) is 0 Å². The Morgan fingerprint density at radius 2 is 1.94 bits per heavy atom. The molecule has 4 heteroatoms. The molecule has 0 aromatic heterocycles. The standard InChI is InChI=1S/C12H26N2O2/c1-10(2)9-16-7-6-13-11(3)8-12(15)14(4)5/h10-11,13H,6-9H2,1-5H3. The van der Waals surface area contributed by atoms with E-state index in [0.29, 0.717) is 18.9 Å². The van der Waals surface area contributed by atoms with Crippen molar-refractivity contribution >= 4 is 5.91 Å². The maximum absolute atomic E-state index is 11.4. The average Bonchev–Trinajstić information content (AvgIpc) is 2.16. The topological polar surface area (TPSA) is 41.6 Å². The maximum atomic E-state index is 11.4.